The first-order valence-electron chi connectivity index (χ1n) is 5.56. The molecular weight excluding hydrogens is 204 g/mol. The third-order valence-electron chi connectivity index (χ3n) is 3.11. The van der Waals surface area contributed by atoms with Crippen molar-refractivity contribution in [3.05, 3.63) is 18.0 Å². The van der Waals surface area contributed by atoms with E-state index >= 15 is 0 Å². The van der Waals surface area contributed by atoms with Crippen molar-refractivity contribution in [3.8, 4) is 0 Å². The molecule has 0 radical (unpaired) electrons. The maximum Gasteiger partial charge on any atom is 0.240 e. The molecule has 1 aliphatic carbocycles. The number of aromatic nitrogens is 2. The normalized spacial score (nSPS) is 19.2. The van der Waals surface area contributed by atoms with Crippen LogP contribution < -0.4 is 11.1 Å². The highest BCUT2D eigenvalue weighted by Gasteiger charge is 2.43. The monoisotopic (exact) mass is 222 g/mol. The number of aryl methyl sites for hydroxylation is 1. The molecule has 0 aromatic carbocycles. The predicted molar refractivity (Wildman–Crippen MR) is 60.4 cm³/mol. The molecular formula is C11H18N4O. The maximum atomic E-state index is 11.9. The van der Waals surface area contributed by atoms with E-state index in [0.717, 1.165) is 18.5 Å². The molecule has 1 amide bonds. The van der Waals surface area contributed by atoms with Crippen LogP contribution in [0, 0.1) is 5.92 Å². The molecule has 16 heavy (non-hydrogen) atoms. The molecule has 1 aromatic rings. The highest BCUT2D eigenvalue weighted by molar-refractivity contribution is 5.86. The summed E-state index contributed by atoms with van der Waals surface area (Å²) in [5.74, 6) is 0.261. The first kappa shape index (κ1) is 11.1. The lowest BCUT2D eigenvalue weighted by molar-refractivity contribution is -0.126. The van der Waals surface area contributed by atoms with Gasteiger partial charge < -0.3 is 11.1 Å². The summed E-state index contributed by atoms with van der Waals surface area (Å²) in [6.45, 7) is 2.25. The Labute approximate surface area is 95.0 Å². The standard InChI is InChI=1S/C11H18N4O/c1-11(12,8-3-4-8)10(16)13-7-9-5-6-15(2)14-9/h5-6,8H,3-4,7,12H2,1-2H3,(H,13,16). The molecule has 1 aromatic heterocycles. The van der Waals surface area contributed by atoms with E-state index in [0.29, 0.717) is 12.5 Å². The third-order valence-corrected chi connectivity index (χ3v) is 3.11. The van der Waals surface area contributed by atoms with Gasteiger partial charge in [-0.05, 0) is 31.7 Å². The van der Waals surface area contributed by atoms with Gasteiger partial charge in [0.25, 0.3) is 0 Å². The van der Waals surface area contributed by atoms with Gasteiger partial charge in [-0.25, -0.2) is 0 Å². The van der Waals surface area contributed by atoms with Crippen LogP contribution in [0.4, 0.5) is 0 Å². The molecule has 2 rings (SSSR count). The van der Waals surface area contributed by atoms with Crippen molar-refractivity contribution in [1.82, 2.24) is 15.1 Å². The van der Waals surface area contributed by atoms with Crippen LogP contribution in [0.15, 0.2) is 12.3 Å². The number of hydrogen-bond acceptors (Lipinski definition) is 3. The zero-order valence-electron chi connectivity index (χ0n) is 9.73. The summed E-state index contributed by atoms with van der Waals surface area (Å²) < 4.78 is 1.71. The van der Waals surface area contributed by atoms with E-state index in [2.05, 4.69) is 10.4 Å². The van der Waals surface area contributed by atoms with Crippen molar-refractivity contribution in [2.45, 2.75) is 31.8 Å². The number of nitrogens with one attached hydrogen (secondary N) is 1. The van der Waals surface area contributed by atoms with Gasteiger partial charge in [0.2, 0.25) is 5.91 Å². The van der Waals surface area contributed by atoms with Gasteiger partial charge in [-0.1, -0.05) is 0 Å². The number of hydrogen-bond donors (Lipinski definition) is 2. The predicted octanol–water partition coefficient (Wildman–Crippen LogP) is 0.164. The summed E-state index contributed by atoms with van der Waals surface area (Å²) in [4.78, 5) is 11.9. The van der Waals surface area contributed by atoms with Crippen molar-refractivity contribution in [2.75, 3.05) is 0 Å². The Bertz CT molecular complexity index is 392. The Kier molecular flexibility index (Phi) is 2.71. The van der Waals surface area contributed by atoms with E-state index in [9.17, 15) is 4.79 Å². The molecule has 1 fully saturated rings. The van der Waals surface area contributed by atoms with Gasteiger partial charge >= 0.3 is 0 Å². The van der Waals surface area contributed by atoms with Crippen molar-refractivity contribution >= 4 is 5.91 Å². The summed E-state index contributed by atoms with van der Waals surface area (Å²) in [6.07, 6.45) is 3.97. The highest BCUT2D eigenvalue weighted by Crippen LogP contribution is 2.38. The van der Waals surface area contributed by atoms with Crippen molar-refractivity contribution in [1.29, 1.82) is 0 Å². The van der Waals surface area contributed by atoms with Crippen LogP contribution in [0.2, 0.25) is 0 Å². The summed E-state index contributed by atoms with van der Waals surface area (Å²) >= 11 is 0. The van der Waals surface area contributed by atoms with Gasteiger partial charge in [0.15, 0.2) is 0 Å². The molecule has 0 saturated heterocycles. The van der Waals surface area contributed by atoms with Gasteiger partial charge in [0, 0.05) is 13.2 Å². The second-order valence-corrected chi connectivity index (χ2v) is 4.72. The smallest absolute Gasteiger partial charge is 0.240 e. The molecule has 5 nitrogen and oxygen atoms in total. The first-order valence-corrected chi connectivity index (χ1v) is 5.56. The summed E-state index contributed by atoms with van der Waals surface area (Å²) in [7, 11) is 1.85. The maximum absolute atomic E-state index is 11.9. The Balaban J connectivity index is 1.88. The molecule has 1 saturated carbocycles. The molecule has 5 heteroatoms. The molecule has 0 aliphatic heterocycles. The van der Waals surface area contributed by atoms with Gasteiger partial charge in [-0.15, -0.1) is 0 Å². The van der Waals surface area contributed by atoms with Gasteiger partial charge in [-0.3, -0.25) is 9.48 Å². The number of carbonyl (C=O) groups excluding carboxylic acids is 1. The quantitative estimate of drug-likeness (QED) is 0.762. The fourth-order valence-corrected chi connectivity index (χ4v) is 1.79. The summed E-state index contributed by atoms with van der Waals surface area (Å²) in [5, 5.41) is 7.02. The van der Waals surface area contributed by atoms with Crippen LogP contribution in [-0.4, -0.2) is 21.2 Å². The molecule has 1 unspecified atom stereocenters. The Morgan fingerprint density at radius 2 is 2.44 bits per heavy atom. The molecule has 0 bridgehead atoms. The van der Waals surface area contributed by atoms with E-state index in [1.165, 1.54) is 0 Å². The van der Waals surface area contributed by atoms with Gasteiger partial charge in [-0.2, -0.15) is 5.10 Å². The largest absolute Gasteiger partial charge is 0.349 e. The van der Waals surface area contributed by atoms with Gasteiger partial charge in [0.05, 0.1) is 17.8 Å². The second kappa shape index (κ2) is 3.90. The lowest BCUT2D eigenvalue weighted by Gasteiger charge is -2.22. The first-order chi connectivity index (χ1) is 7.50. The van der Waals surface area contributed by atoms with E-state index in [-0.39, 0.29) is 5.91 Å². The number of amides is 1. The van der Waals surface area contributed by atoms with Crippen LogP contribution >= 0.6 is 0 Å². The molecule has 1 heterocycles. The van der Waals surface area contributed by atoms with Crippen LogP contribution in [-0.2, 0) is 18.4 Å². The number of nitrogens with zero attached hydrogens (tertiary/aromatic N) is 2. The second-order valence-electron chi connectivity index (χ2n) is 4.72. The molecule has 3 N–H and O–H groups in total. The van der Waals surface area contributed by atoms with E-state index < -0.39 is 5.54 Å². The van der Waals surface area contributed by atoms with Crippen LogP contribution in [0.1, 0.15) is 25.5 Å². The fraction of sp³-hybridized carbons (Fsp3) is 0.636. The van der Waals surface area contributed by atoms with Gasteiger partial charge in [0.1, 0.15) is 0 Å². The average Bonchev–Trinajstić information content (AvgIpc) is 3.00. The molecule has 88 valence electrons. The minimum Gasteiger partial charge on any atom is -0.349 e. The summed E-state index contributed by atoms with van der Waals surface area (Å²) in [6, 6.07) is 1.88. The zero-order valence-corrected chi connectivity index (χ0v) is 9.73. The SMILES string of the molecule is Cn1ccc(CNC(=O)C(C)(N)C2CC2)n1. The van der Waals surface area contributed by atoms with Crippen LogP contribution in [0.5, 0.6) is 0 Å². The zero-order chi connectivity index (χ0) is 11.8. The Morgan fingerprint density at radius 3 is 2.94 bits per heavy atom. The van der Waals surface area contributed by atoms with Crippen molar-refractivity contribution in [2.24, 2.45) is 18.7 Å². The summed E-state index contributed by atoms with van der Waals surface area (Å²) in [5.41, 5.74) is 6.12. The van der Waals surface area contributed by atoms with Crippen LogP contribution in [0.3, 0.4) is 0 Å². The topological polar surface area (TPSA) is 72.9 Å². The number of rotatable bonds is 4. The average molecular weight is 222 g/mol. The minimum atomic E-state index is -0.727. The van der Waals surface area contributed by atoms with Crippen molar-refractivity contribution < 1.29 is 4.79 Å². The number of nitrogens with two attached hydrogens (primary N) is 1. The van der Waals surface area contributed by atoms with Crippen LogP contribution in [0.25, 0.3) is 0 Å². The van der Waals surface area contributed by atoms with E-state index in [4.69, 9.17) is 5.73 Å². The van der Waals surface area contributed by atoms with E-state index in [1.807, 2.05) is 19.3 Å². The Hall–Kier alpha value is -1.36. The highest BCUT2D eigenvalue weighted by atomic mass is 16.2. The Morgan fingerprint density at radius 1 is 1.75 bits per heavy atom. The molecule has 1 atom stereocenters. The number of carbonyl (C=O) groups is 1. The lowest BCUT2D eigenvalue weighted by atomic mass is 9.96. The van der Waals surface area contributed by atoms with Crippen molar-refractivity contribution in [3.63, 3.8) is 0 Å². The molecule has 1 aliphatic rings. The fourth-order valence-electron chi connectivity index (χ4n) is 1.79. The lowest BCUT2D eigenvalue weighted by Crippen LogP contribution is -2.53. The third kappa shape index (κ3) is 2.24. The molecule has 0 spiro atoms. The van der Waals surface area contributed by atoms with E-state index in [1.54, 1.807) is 11.6 Å². The minimum absolute atomic E-state index is 0.0827.